The molecule has 0 saturated heterocycles. The number of carbonyl (C=O) groups excluding carboxylic acids is 1. The third-order valence-electron chi connectivity index (χ3n) is 4.00. The van der Waals surface area contributed by atoms with Gasteiger partial charge >= 0.3 is 11.7 Å². The number of hydrogen-bond acceptors (Lipinski definition) is 7. The van der Waals surface area contributed by atoms with Gasteiger partial charge in [-0.05, 0) is 19.4 Å². The highest BCUT2D eigenvalue weighted by Crippen LogP contribution is 2.09. The molecule has 0 unspecified atom stereocenters. The zero-order valence-corrected chi connectivity index (χ0v) is 16.0. The summed E-state index contributed by atoms with van der Waals surface area (Å²) in [5.41, 5.74) is 0.553. The summed E-state index contributed by atoms with van der Waals surface area (Å²) in [6.07, 6.45) is 4.73. The van der Waals surface area contributed by atoms with Crippen LogP contribution in [0.2, 0.25) is 0 Å². The maximum Gasteiger partial charge on any atom is 0.332 e. The highest BCUT2D eigenvalue weighted by molar-refractivity contribution is 7.09. The molecule has 0 spiro atoms. The Morgan fingerprint density at radius 1 is 1.33 bits per heavy atom. The van der Waals surface area contributed by atoms with Gasteiger partial charge in [0, 0.05) is 32.1 Å². The fourth-order valence-electron chi connectivity index (χ4n) is 2.65. The van der Waals surface area contributed by atoms with Gasteiger partial charge in [-0.25, -0.2) is 19.6 Å². The van der Waals surface area contributed by atoms with Gasteiger partial charge in [0.05, 0.1) is 23.6 Å². The zero-order valence-electron chi connectivity index (χ0n) is 15.2. The SMILES string of the molecule is Cc1nc(/C=C/C(=O)OCCCn2c(=O)c3c(ncn3C)n(C)c2=O)cs1. The number of esters is 1. The first-order valence-electron chi connectivity index (χ1n) is 8.26. The molecule has 9 nitrogen and oxygen atoms in total. The van der Waals surface area contributed by atoms with E-state index in [0.29, 0.717) is 23.3 Å². The number of rotatable bonds is 6. The number of carbonyl (C=O) groups is 1. The van der Waals surface area contributed by atoms with Crippen LogP contribution in [-0.4, -0.2) is 36.2 Å². The Labute approximate surface area is 158 Å². The number of imidazole rings is 1. The van der Waals surface area contributed by atoms with E-state index in [1.165, 1.54) is 28.3 Å². The van der Waals surface area contributed by atoms with Gasteiger partial charge in [-0.3, -0.25) is 13.9 Å². The molecule has 0 N–H and O–H groups in total. The molecule has 142 valence electrons. The van der Waals surface area contributed by atoms with Gasteiger partial charge in [0.15, 0.2) is 11.2 Å². The topological polar surface area (TPSA) is 101 Å². The maximum atomic E-state index is 12.5. The van der Waals surface area contributed by atoms with Crippen LogP contribution >= 0.6 is 11.3 Å². The first kappa shape index (κ1) is 18.8. The lowest BCUT2D eigenvalue weighted by molar-refractivity contribution is -0.137. The van der Waals surface area contributed by atoms with E-state index < -0.39 is 17.2 Å². The van der Waals surface area contributed by atoms with Crippen molar-refractivity contribution >= 4 is 34.5 Å². The zero-order chi connectivity index (χ0) is 19.6. The van der Waals surface area contributed by atoms with Gasteiger partial charge in [-0.1, -0.05) is 0 Å². The first-order valence-corrected chi connectivity index (χ1v) is 9.14. The van der Waals surface area contributed by atoms with Crippen molar-refractivity contribution in [2.75, 3.05) is 6.61 Å². The van der Waals surface area contributed by atoms with Gasteiger partial charge in [0.2, 0.25) is 0 Å². The second-order valence-electron chi connectivity index (χ2n) is 5.97. The van der Waals surface area contributed by atoms with Crippen LogP contribution in [0.1, 0.15) is 17.1 Å². The van der Waals surface area contributed by atoms with Gasteiger partial charge in [-0.15, -0.1) is 11.3 Å². The molecular formula is C17H19N5O4S. The van der Waals surface area contributed by atoms with E-state index in [1.807, 2.05) is 12.3 Å². The van der Waals surface area contributed by atoms with Crippen LogP contribution in [0.5, 0.6) is 0 Å². The minimum absolute atomic E-state index is 0.0955. The molecule has 0 aliphatic rings. The van der Waals surface area contributed by atoms with Crippen LogP contribution in [0, 0.1) is 6.92 Å². The number of thiazole rings is 1. The first-order chi connectivity index (χ1) is 12.9. The molecule has 3 rings (SSSR count). The normalized spacial score (nSPS) is 11.5. The molecule has 0 radical (unpaired) electrons. The number of nitrogens with zero attached hydrogens (tertiary/aromatic N) is 5. The third kappa shape index (κ3) is 3.90. The van der Waals surface area contributed by atoms with Crippen LogP contribution in [0.4, 0.5) is 0 Å². The van der Waals surface area contributed by atoms with E-state index in [4.69, 9.17) is 4.74 Å². The van der Waals surface area contributed by atoms with Crippen molar-refractivity contribution in [2.24, 2.45) is 14.1 Å². The van der Waals surface area contributed by atoms with E-state index in [0.717, 1.165) is 9.57 Å². The molecule has 27 heavy (non-hydrogen) atoms. The predicted octanol–water partition coefficient (Wildman–Crippen LogP) is 0.845. The lowest BCUT2D eigenvalue weighted by Gasteiger charge is -2.08. The van der Waals surface area contributed by atoms with E-state index in [9.17, 15) is 14.4 Å². The molecule has 0 amide bonds. The van der Waals surface area contributed by atoms with Crippen molar-refractivity contribution in [3.63, 3.8) is 0 Å². The average Bonchev–Trinajstić information content (AvgIpc) is 3.23. The van der Waals surface area contributed by atoms with Crippen LogP contribution in [0.3, 0.4) is 0 Å². The van der Waals surface area contributed by atoms with Crippen molar-refractivity contribution in [1.82, 2.24) is 23.7 Å². The van der Waals surface area contributed by atoms with E-state index in [2.05, 4.69) is 9.97 Å². The molecule has 3 heterocycles. The largest absolute Gasteiger partial charge is 0.462 e. The Morgan fingerprint density at radius 3 is 2.81 bits per heavy atom. The monoisotopic (exact) mass is 389 g/mol. The third-order valence-corrected chi connectivity index (χ3v) is 4.79. The molecule has 0 saturated carbocycles. The summed E-state index contributed by atoms with van der Waals surface area (Å²) in [5, 5.41) is 2.76. The molecule has 0 aliphatic heterocycles. The van der Waals surface area contributed by atoms with E-state index in [1.54, 1.807) is 24.7 Å². The van der Waals surface area contributed by atoms with Crippen LogP contribution in [-0.2, 0) is 30.2 Å². The summed E-state index contributed by atoms with van der Waals surface area (Å²) in [6, 6.07) is 0. The van der Waals surface area contributed by atoms with Crippen molar-refractivity contribution in [3.05, 3.63) is 49.3 Å². The van der Waals surface area contributed by atoms with Crippen LogP contribution in [0.25, 0.3) is 17.2 Å². The molecule has 0 bridgehead atoms. The fourth-order valence-corrected chi connectivity index (χ4v) is 3.23. The van der Waals surface area contributed by atoms with Gasteiger partial charge < -0.3 is 9.30 Å². The summed E-state index contributed by atoms with van der Waals surface area (Å²) < 4.78 is 9.15. The molecule has 0 atom stereocenters. The van der Waals surface area contributed by atoms with Crippen molar-refractivity contribution in [2.45, 2.75) is 19.9 Å². The minimum Gasteiger partial charge on any atom is -0.462 e. The summed E-state index contributed by atoms with van der Waals surface area (Å²) in [6.45, 7) is 2.13. The van der Waals surface area contributed by atoms with E-state index >= 15 is 0 Å². The average molecular weight is 389 g/mol. The lowest BCUT2D eigenvalue weighted by atomic mass is 10.4. The number of aryl methyl sites for hydroxylation is 3. The van der Waals surface area contributed by atoms with Crippen molar-refractivity contribution in [3.8, 4) is 0 Å². The number of hydrogen-bond donors (Lipinski definition) is 0. The molecule has 3 aromatic heterocycles. The maximum absolute atomic E-state index is 12.5. The quantitative estimate of drug-likeness (QED) is 0.352. The van der Waals surface area contributed by atoms with Crippen LogP contribution < -0.4 is 11.2 Å². The second-order valence-corrected chi connectivity index (χ2v) is 7.03. The number of aromatic nitrogens is 5. The highest BCUT2D eigenvalue weighted by atomic mass is 32.1. The van der Waals surface area contributed by atoms with Gasteiger partial charge in [-0.2, -0.15) is 0 Å². The summed E-state index contributed by atoms with van der Waals surface area (Å²) in [4.78, 5) is 44.9. The Hall–Kier alpha value is -3.01. The minimum atomic E-state index is -0.497. The lowest BCUT2D eigenvalue weighted by Crippen LogP contribution is -2.39. The summed E-state index contributed by atoms with van der Waals surface area (Å²) in [5.74, 6) is -0.497. The number of ether oxygens (including phenoxy) is 1. The Morgan fingerprint density at radius 2 is 2.11 bits per heavy atom. The Bertz CT molecular complexity index is 1130. The molecule has 10 heteroatoms. The van der Waals surface area contributed by atoms with Crippen LogP contribution in [0.15, 0.2) is 27.4 Å². The smallest absolute Gasteiger partial charge is 0.332 e. The van der Waals surface area contributed by atoms with E-state index in [-0.39, 0.29) is 13.2 Å². The second kappa shape index (κ2) is 7.70. The Balaban J connectivity index is 1.62. The number of fused-ring (bicyclic) bond motifs is 1. The summed E-state index contributed by atoms with van der Waals surface area (Å²) in [7, 11) is 3.27. The molecule has 3 aromatic rings. The Kier molecular flexibility index (Phi) is 5.36. The molecule has 0 aliphatic carbocycles. The summed E-state index contributed by atoms with van der Waals surface area (Å²) >= 11 is 1.50. The fraction of sp³-hybridized carbons (Fsp3) is 0.353. The molecule has 0 aromatic carbocycles. The predicted molar refractivity (Wildman–Crippen MR) is 102 cm³/mol. The van der Waals surface area contributed by atoms with Gasteiger partial charge in [0.1, 0.15) is 0 Å². The van der Waals surface area contributed by atoms with Crippen molar-refractivity contribution < 1.29 is 9.53 Å². The van der Waals surface area contributed by atoms with Crippen molar-refractivity contribution in [1.29, 1.82) is 0 Å². The van der Waals surface area contributed by atoms with Gasteiger partial charge in [0.25, 0.3) is 5.56 Å². The highest BCUT2D eigenvalue weighted by Gasteiger charge is 2.14. The standard InChI is InChI=1S/C17H19N5O4S/c1-11-19-12(9-27-11)5-6-13(23)26-8-4-7-22-16(24)14-15(18-10-20(14)2)21(3)17(22)25/h5-6,9-10H,4,7-8H2,1-3H3/b6-5+. The molecule has 0 fully saturated rings. The molecular weight excluding hydrogens is 370 g/mol.